The number of aryl methyl sites for hydroxylation is 1. The molecule has 0 aromatic heterocycles. The van der Waals surface area contributed by atoms with Crippen LogP contribution >= 0.6 is 0 Å². The van der Waals surface area contributed by atoms with E-state index in [0.717, 1.165) is 27.3 Å². The largest absolute Gasteiger partial charge is 0.493 e. The number of carbonyl (C=O) groups is 1. The Labute approximate surface area is 195 Å². The van der Waals surface area contributed by atoms with E-state index in [1.807, 2.05) is 61.5 Å². The molecule has 3 aromatic carbocycles. The first kappa shape index (κ1) is 24.1. The van der Waals surface area contributed by atoms with Crippen molar-refractivity contribution < 1.29 is 22.7 Å². The zero-order chi connectivity index (χ0) is 24.0. The maximum absolute atomic E-state index is 13.1. The number of hydrogen-bond acceptors (Lipinski definition) is 5. The SMILES string of the molecule is COc1ccc(N(CC(=O)N[C@@H](c2ccccc2)c2ccccc2C)S(C)(=O)=O)cc1OC. The van der Waals surface area contributed by atoms with Gasteiger partial charge in [0.05, 0.1) is 32.2 Å². The van der Waals surface area contributed by atoms with E-state index < -0.39 is 22.0 Å². The minimum atomic E-state index is -3.75. The maximum Gasteiger partial charge on any atom is 0.241 e. The highest BCUT2D eigenvalue weighted by Crippen LogP contribution is 2.32. The molecule has 0 spiro atoms. The van der Waals surface area contributed by atoms with Crippen LogP contribution in [-0.2, 0) is 14.8 Å². The molecule has 0 unspecified atom stereocenters. The monoisotopic (exact) mass is 468 g/mol. The minimum Gasteiger partial charge on any atom is -0.493 e. The van der Waals surface area contributed by atoms with Crippen molar-refractivity contribution in [3.63, 3.8) is 0 Å². The van der Waals surface area contributed by atoms with Crippen molar-refractivity contribution in [3.05, 3.63) is 89.5 Å². The summed E-state index contributed by atoms with van der Waals surface area (Å²) in [6.45, 7) is 1.59. The van der Waals surface area contributed by atoms with E-state index in [4.69, 9.17) is 9.47 Å². The lowest BCUT2D eigenvalue weighted by atomic mass is 9.95. The number of amides is 1. The molecule has 0 aliphatic rings. The fourth-order valence-electron chi connectivity index (χ4n) is 3.61. The van der Waals surface area contributed by atoms with E-state index in [0.29, 0.717) is 17.2 Å². The molecule has 7 nitrogen and oxygen atoms in total. The van der Waals surface area contributed by atoms with Gasteiger partial charge in [0, 0.05) is 6.07 Å². The molecule has 174 valence electrons. The predicted molar refractivity (Wildman–Crippen MR) is 129 cm³/mol. The van der Waals surface area contributed by atoms with Crippen molar-refractivity contribution in [1.29, 1.82) is 0 Å². The number of benzene rings is 3. The molecule has 0 saturated heterocycles. The van der Waals surface area contributed by atoms with Gasteiger partial charge in [-0.3, -0.25) is 9.10 Å². The summed E-state index contributed by atoms with van der Waals surface area (Å²) in [5.41, 5.74) is 3.16. The summed E-state index contributed by atoms with van der Waals surface area (Å²) < 4.78 is 36.7. The Morgan fingerprint density at radius 2 is 1.58 bits per heavy atom. The first-order valence-electron chi connectivity index (χ1n) is 10.3. The molecule has 3 rings (SSSR count). The second-order valence-corrected chi connectivity index (χ2v) is 9.48. The van der Waals surface area contributed by atoms with Gasteiger partial charge in [-0.2, -0.15) is 0 Å². The third kappa shape index (κ3) is 5.84. The average molecular weight is 469 g/mol. The van der Waals surface area contributed by atoms with E-state index in [1.54, 1.807) is 12.1 Å². The van der Waals surface area contributed by atoms with Gasteiger partial charge in [0.2, 0.25) is 15.9 Å². The molecule has 33 heavy (non-hydrogen) atoms. The Balaban J connectivity index is 1.92. The molecule has 8 heteroatoms. The number of nitrogens with zero attached hydrogens (tertiary/aromatic N) is 1. The highest BCUT2D eigenvalue weighted by molar-refractivity contribution is 7.92. The maximum atomic E-state index is 13.1. The van der Waals surface area contributed by atoms with Crippen LogP contribution in [0.4, 0.5) is 5.69 Å². The summed E-state index contributed by atoms with van der Waals surface area (Å²) >= 11 is 0. The molecular weight excluding hydrogens is 440 g/mol. The van der Waals surface area contributed by atoms with Gasteiger partial charge in [0.1, 0.15) is 6.54 Å². The quantitative estimate of drug-likeness (QED) is 0.518. The molecule has 1 atom stereocenters. The van der Waals surface area contributed by atoms with Crippen molar-refractivity contribution in [3.8, 4) is 11.5 Å². The number of methoxy groups -OCH3 is 2. The number of anilines is 1. The normalized spacial score (nSPS) is 12.0. The summed E-state index contributed by atoms with van der Waals surface area (Å²) in [6, 6.07) is 21.6. The van der Waals surface area contributed by atoms with E-state index in [-0.39, 0.29) is 6.54 Å². The van der Waals surface area contributed by atoms with Crippen LogP contribution in [0.2, 0.25) is 0 Å². The number of ether oxygens (including phenoxy) is 2. The van der Waals surface area contributed by atoms with Crippen molar-refractivity contribution >= 4 is 21.6 Å². The van der Waals surface area contributed by atoms with Gasteiger partial charge in [-0.1, -0.05) is 54.6 Å². The lowest BCUT2D eigenvalue weighted by Crippen LogP contribution is -2.42. The number of rotatable bonds is 9. The van der Waals surface area contributed by atoms with Crippen LogP contribution in [0.5, 0.6) is 11.5 Å². The highest BCUT2D eigenvalue weighted by atomic mass is 32.2. The molecule has 3 aromatic rings. The van der Waals surface area contributed by atoms with E-state index >= 15 is 0 Å². The van der Waals surface area contributed by atoms with Gasteiger partial charge in [-0.05, 0) is 35.7 Å². The van der Waals surface area contributed by atoms with Crippen LogP contribution < -0.4 is 19.1 Å². The summed E-state index contributed by atoms with van der Waals surface area (Å²) in [5, 5.41) is 3.01. The Bertz CT molecular complexity index is 1210. The first-order valence-corrected chi connectivity index (χ1v) is 12.2. The molecule has 0 aliphatic carbocycles. The van der Waals surface area contributed by atoms with Gasteiger partial charge in [-0.15, -0.1) is 0 Å². The number of nitrogens with one attached hydrogen (secondary N) is 1. The van der Waals surface area contributed by atoms with Crippen LogP contribution in [0.1, 0.15) is 22.7 Å². The smallest absolute Gasteiger partial charge is 0.241 e. The van der Waals surface area contributed by atoms with E-state index in [1.165, 1.54) is 20.3 Å². The molecule has 0 saturated carbocycles. The van der Waals surface area contributed by atoms with E-state index in [9.17, 15) is 13.2 Å². The lowest BCUT2D eigenvalue weighted by Gasteiger charge is -2.26. The number of sulfonamides is 1. The predicted octanol–water partition coefficient (Wildman–Crippen LogP) is 3.68. The fourth-order valence-corrected chi connectivity index (χ4v) is 4.46. The zero-order valence-electron chi connectivity index (χ0n) is 19.1. The standard InChI is InChI=1S/C25H28N2O5S/c1-18-10-8-9-13-21(18)25(19-11-6-5-7-12-19)26-24(28)17-27(33(4,29)30)20-14-15-22(31-2)23(16-20)32-3/h5-16,25H,17H2,1-4H3,(H,26,28)/t25-/m0/s1. The van der Waals surface area contributed by atoms with Gasteiger partial charge >= 0.3 is 0 Å². The van der Waals surface area contributed by atoms with Gasteiger partial charge < -0.3 is 14.8 Å². The zero-order valence-corrected chi connectivity index (χ0v) is 19.9. The van der Waals surface area contributed by atoms with Crippen LogP contribution in [0, 0.1) is 6.92 Å². The van der Waals surface area contributed by atoms with Crippen LogP contribution in [0.3, 0.4) is 0 Å². The Kier molecular flexibility index (Phi) is 7.60. The van der Waals surface area contributed by atoms with Crippen molar-refractivity contribution in [2.24, 2.45) is 0 Å². The van der Waals surface area contributed by atoms with Crippen LogP contribution in [0.25, 0.3) is 0 Å². The Morgan fingerprint density at radius 3 is 2.18 bits per heavy atom. The molecule has 1 N–H and O–H groups in total. The summed E-state index contributed by atoms with van der Waals surface area (Å²) in [7, 11) is -0.796. The Morgan fingerprint density at radius 1 is 0.939 bits per heavy atom. The summed E-state index contributed by atoms with van der Waals surface area (Å²) in [5.74, 6) is 0.390. The molecule has 0 bridgehead atoms. The topological polar surface area (TPSA) is 84.9 Å². The molecular formula is C25H28N2O5S. The molecule has 0 radical (unpaired) electrons. The van der Waals surface area contributed by atoms with Crippen LogP contribution in [0.15, 0.2) is 72.8 Å². The molecule has 0 fully saturated rings. The third-order valence-corrected chi connectivity index (χ3v) is 6.42. The van der Waals surface area contributed by atoms with E-state index in [2.05, 4.69) is 5.32 Å². The Hall–Kier alpha value is -3.52. The van der Waals surface area contributed by atoms with Crippen LogP contribution in [-0.4, -0.2) is 41.3 Å². The lowest BCUT2D eigenvalue weighted by molar-refractivity contribution is -0.120. The second kappa shape index (κ2) is 10.4. The van der Waals surface area contributed by atoms with Crippen molar-refractivity contribution in [2.45, 2.75) is 13.0 Å². The van der Waals surface area contributed by atoms with Gasteiger partial charge in [0.25, 0.3) is 0 Å². The van der Waals surface area contributed by atoms with Gasteiger partial charge in [0.15, 0.2) is 11.5 Å². The minimum absolute atomic E-state index is 0.303. The first-order chi connectivity index (χ1) is 15.7. The highest BCUT2D eigenvalue weighted by Gasteiger charge is 2.25. The van der Waals surface area contributed by atoms with Crippen molar-refractivity contribution in [2.75, 3.05) is 31.3 Å². The summed E-state index contributed by atoms with van der Waals surface area (Å²) in [4.78, 5) is 13.1. The number of hydrogen-bond donors (Lipinski definition) is 1. The summed E-state index contributed by atoms with van der Waals surface area (Å²) in [6.07, 6.45) is 1.06. The second-order valence-electron chi connectivity index (χ2n) is 7.58. The molecule has 1 amide bonds. The molecule has 0 heterocycles. The fraction of sp³-hybridized carbons (Fsp3) is 0.240. The average Bonchev–Trinajstić information content (AvgIpc) is 2.81. The number of carbonyl (C=O) groups excluding carboxylic acids is 1. The van der Waals surface area contributed by atoms with Crippen molar-refractivity contribution in [1.82, 2.24) is 5.32 Å². The third-order valence-electron chi connectivity index (χ3n) is 5.28. The van der Waals surface area contributed by atoms with Gasteiger partial charge in [-0.25, -0.2) is 8.42 Å². The molecule has 0 aliphatic heterocycles.